The molecule has 0 saturated carbocycles. The molecule has 0 radical (unpaired) electrons. The Balaban J connectivity index is 1.70. The third kappa shape index (κ3) is 3.51. The number of ketones is 2. The molecule has 3 aromatic rings. The van der Waals surface area contributed by atoms with Gasteiger partial charge in [0.25, 0.3) is 0 Å². The van der Waals surface area contributed by atoms with Gasteiger partial charge in [-0.25, -0.2) is 24.9 Å². The maximum absolute atomic E-state index is 12.0. The second-order valence-corrected chi connectivity index (χ2v) is 5.01. The van der Waals surface area contributed by atoms with E-state index in [0.29, 0.717) is 11.6 Å². The summed E-state index contributed by atoms with van der Waals surface area (Å²) >= 11 is 0. The van der Waals surface area contributed by atoms with Crippen molar-refractivity contribution in [1.82, 2.24) is 45.3 Å². The first-order valence-corrected chi connectivity index (χ1v) is 7.02. The van der Waals surface area contributed by atoms with Gasteiger partial charge in [-0.2, -0.15) is 10.2 Å². The Bertz CT molecular complexity index is 829. The molecule has 0 spiro atoms. The lowest BCUT2D eigenvalue weighted by atomic mass is 10.2. The van der Waals surface area contributed by atoms with Crippen LogP contribution in [0.3, 0.4) is 0 Å². The van der Waals surface area contributed by atoms with Gasteiger partial charge >= 0.3 is 0 Å². The fraction of sp³-hybridized carbons (Fsp3) is 0.308. The van der Waals surface area contributed by atoms with Crippen molar-refractivity contribution in [3.63, 3.8) is 0 Å². The fourth-order valence-corrected chi connectivity index (χ4v) is 1.92. The van der Waals surface area contributed by atoms with Crippen molar-refractivity contribution in [2.45, 2.75) is 26.7 Å². The smallest absolute Gasteiger partial charge is 0.217 e. The van der Waals surface area contributed by atoms with E-state index in [1.165, 1.54) is 6.33 Å². The first kappa shape index (κ1) is 15.5. The van der Waals surface area contributed by atoms with Crippen LogP contribution in [-0.4, -0.2) is 56.9 Å². The summed E-state index contributed by atoms with van der Waals surface area (Å²) in [4.78, 5) is 44.0. The summed E-state index contributed by atoms with van der Waals surface area (Å²) in [6.45, 7) is 3.39. The standard InChI is InChI=1S/C13H13N9O2/c1-6-16-12(21-19-6)8(23)3-10-14-5-15-11(18-10)4-9(24)13-17-7(2)20-22-13/h5H,3-4H2,1-2H3,(H,16,19,21)(H,17,20,22). The molecule has 0 unspecified atom stereocenters. The summed E-state index contributed by atoms with van der Waals surface area (Å²) in [7, 11) is 0. The van der Waals surface area contributed by atoms with E-state index in [0.717, 1.165) is 0 Å². The molecular formula is C13H13N9O2. The number of aromatic nitrogens is 9. The summed E-state index contributed by atoms with van der Waals surface area (Å²) in [5, 5.41) is 12.8. The van der Waals surface area contributed by atoms with Gasteiger partial charge in [0.1, 0.15) is 29.6 Å². The topological polar surface area (TPSA) is 156 Å². The number of aromatic amines is 2. The minimum absolute atomic E-state index is 0.0711. The average molecular weight is 327 g/mol. The highest BCUT2D eigenvalue weighted by molar-refractivity contribution is 5.94. The average Bonchev–Trinajstić information content (AvgIpc) is 3.16. The number of nitrogens with one attached hydrogen (secondary N) is 2. The van der Waals surface area contributed by atoms with Crippen LogP contribution in [0.2, 0.25) is 0 Å². The highest BCUT2D eigenvalue weighted by atomic mass is 16.1. The fourth-order valence-electron chi connectivity index (χ4n) is 1.92. The molecule has 0 amide bonds. The van der Waals surface area contributed by atoms with Gasteiger partial charge in [-0.15, -0.1) is 0 Å². The molecule has 3 aromatic heterocycles. The van der Waals surface area contributed by atoms with Gasteiger partial charge in [-0.1, -0.05) is 0 Å². The normalized spacial score (nSPS) is 10.8. The van der Waals surface area contributed by atoms with E-state index in [4.69, 9.17) is 0 Å². The van der Waals surface area contributed by atoms with E-state index in [1.807, 2.05) is 0 Å². The lowest BCUT2D eigenvalue weighted by Crippen LogP contribution is -2.13. The molecular weight excluding hydrogens is 314 g/mol. The van der Waals surface area contributed by atoms with E-state index in [2.05, 4.69) is 45.3 Å². The van der Waals surface area contributed by atoms with Crippen LogP contribution in [-0.2, 0) is 12.8 Å². The molecule has 122 valence electrons. The molecule has 0 saturated heterocycles. The first-order valence-electron chi connectivity index (χ1n) is 7.02. The van der Waals surface area contributed by atoms with Crippen LogP contribution in [0.25, 0.3) is 0 Å². The molecule has 11 nitrogen and oxygen atoms in total. The van der Waals surface area contributed by atoms with Crippen LogP contribution >= 0.6 is 0 Å². The lowest BCUT2D eigenvalue weighted by molar-refractivity contribution is 0.0976. The van der Waals surface area contributed by atoms with Crippen molar-refractivity contribution < 1.29 is 9.59 Å². The Morgan fingerprint density at radius 3 is 1.67 bits per heavy atom. The van der Waals surface area contributed by atoms with Crippen LogP contribution in [0.15, 0.2) is 6.33 Å². The van der Waals surface area contributed by atoms with Crippen LogP contribution in [0, 0.1) is 13.8 Å². The van der Waals surface area contributed by atoms with Crippen molar-refractivity contribution in [3.05, 3.63) is 41.3 Å². The summed E-state index contributed by atoms with van der Waals surface area (Å²) in [5.74, 6) is 1.06. The van der Waals surface area contributed by atoms with E-state index in [1.54, 1.807) is 13.8 Å². The second kappa shape index (κ2) is 6.40. The monoisotopic (exact) mass is 327 g/mol. The van der Waals surface area contributed by atoms with Crippen LogP contribution in [0.1, 0.15) is 44.5 Å². The third-order valence-corrected chi connectivity index (χ3v) is 3.00. The Kier molecular flexibility index (Phi) is 4.14. The lowest BCUT2D eigenvalue weighted by Gasteiger charge is -2.00. The minimum Gasteiger partial charge on any atom is -0.290 e. The molecule has 0 bridgehead atoms. The Labute approximate surface area is 135 Å². The zero-order chi connectivity index (χ0) is 17.1. The maximum atomic E-state index is 12.0. The molecule has 3 rings (SSSR count). The molecule has 24 heavy (non-hydrogen) atoms. The second-order valence-electron chi connectivity index (χ2n) is 5.01. The number of carbonyl (C=O) groups excluding carboxylic acids is 2. The molecule has 0 aliphatic heterocycles. The van der Waals surface area contributed by atoms with Gasteiger partial charge in [0.2, 0.25) is 23.2 Å². The summed E-state index contributed by atoms with van der Waals surface area (Å²) in [6, 6.07) is 0. The van der Waals surface area contributed by atoms with Crippen molar-refractivity contribution in [2.24, 2.45) is 0 Å². The minimum atomic E-state index is -0.326. The molecule has 2 N–H and O–H groups in total. The highest BCUT2D eigenvalue weighted by Gasteiger charge is 2.17. The zero-order valence-electron chi connectivity index (χ0n) is 12.9. The highest BCUT2D eigenvalue weighted by Crippen LogP contribution is 2.03. The first-order chi connectivity index (χ1) is 11.5. The molecule has 0 aliphatic rings. The third-order valence-electron chi connectivity index (χ3n) is 3.00. The number of H-pyrrole nitrogens is 2. The number of aryl methyl sites for hydroxylation is 2. The van der Waals surface area contributed by atoms with Crippen LogP contribution in [0.4, 0.5) is 0 Å². The molecule has 0 aliphatic carbocycles. The maximum Gasteiger partial charge on any atom is 0.217 e. The van der Waals surface area contributed by atoms with Gasteiger partial charge in [0, 0.05) is 0 Å². The number of nitrogens with zero attached hydrogens (tertiary/aromatic N) is 7. The Morgan fingerprint density at radius 1 is 0.833 bits per heavy atom. The van der Waals surface area contributed by atoms with Gasteiger partial charge in [0.05, 0.1) is 12.8 Å². The van der Waals surface area contributed by atoms with E-state index in [-0.39, 0.29) is 47.7 Å². The summed E-state index contributed by atoms with van der Waals surface area (Å²) < 4.78 is 0. The van der Waals surface area contributed by atoms with Gasteiger partial charge in [0.15, 0.2) is 0 Å². The van der Waals surface area contributed by atoms with Gasteiger partial charge < -0.3 is 0 Å². The van der Waals surface area contributed by atoms with Crippen molar-refractivity contribution in [3.8, 4) is 0 Å². The van der Waals surface area contributed by atoms with E-state index >= 15 is 0 Å². The van der Waals surface area contributed by atoms with E-state index in [9.17, 15) is 9.59 Å². The summed E-state index contributed by atoms with van der Waals surface area (Å²) in [6.07, 6.45) is 1.09. The van der Waals surface area contributed by atoms with E-state index < -0.39 is 0 Å². The number of rotatable bonds is 6. The molecule has 0 aromatic carbocycles. The van der Waals surface area contributed by atoms with Gasteiger partial charge in [-0.3, -0.25) is 19.8 Å². The number of carbonyl (C=O) groups is 2. The predicted molar refractivity (Wildman–Crippen MR) is 78.1 cm³/mol. The number of hydrogen-bond donors (Lipinski definition) is 2. The number of Topliss-reactive ketones (excluding diaryl/α,β-unsaturated/α-hetero) is 2. The SMILES string of the molecule is Cc1nc(C(=O)Cc2ncnc(CC(=O)c3n[nH]c(C)n3)n2)n[nH]1. The predicted octanol–water partition coefficient (Wildman–Crippen LogP) is -0.425. The molecule has 0 fully saturated rings. The summed E-state index contributed by atoms with van der Waals surface area (Å²) in [5.41, 5.74) is 0. The Morgan fingerprint density at radius 2 is 1.29 bits per heavy atom. The quantitative estimate of drug-likeness (QED) is 0.573. The van der Waals surface area contributed by atoms with Crippen LogP contribution in [0.5, 0.6) is 0 Å². The molecule has 11 heteroatoms. The molecule has 0 atom stereocenters. The molecule has 3 heterocycles. The van der Waals surface area contributed by atoms with Crippen molar-refractivity contribution >= 4 is 11.6 Å². The van der Waals surface area contributed by atoms with Gasteiger partial charge in [-0.05, 0) is 13.8 Å². The van der Waals surface area contributed by atoms with Crippen molar-refractivity contribution in [2.75, 3.05) is 0 Å². The Hall–Kier alpha value is -3.37. The van der Waals surface area contributed by atoms with Crippen molar-refractivity contribution in [1.29, 1.82) is 0 Å². The zero-order valence-corrected chi connectivity index (χ0v) is 12.9. The largest absolute Gasteiger partial charge is 0.290 e. The van der Waals surface area contributed by atoms with Crippen LogP contribution < -0.4 is 0 Å². The number of hydrogen-bond acceptors (Lipinski definition) is 9.